The number of carboxylic acid groups (broad SMARTS) is 1. The van der Waals surface area contributed by atoms with Crippen LogP contribution in [0, 0.1) is 0 Å². The first-order valence-electron chi connectivity index (χ1n) is 9.42. The fourth-order valence-electron chi connectivity index (χ4n) is 3.88. The standard InChI is InChI=1S/C19H27NO4S2/c21-16-13-25-17(6-4-5-14-7-8-15(26-14)18(22)23)20(16)12-11-19(24)9-2-1-3-10-19/h7-8,17,24H,1-6,9-13H2,(H,22,23). The van der Waals surface area contributed by atoms with Gasteiger partial charge in [0.2, 0.25) is 5.91 Å². The number of aliphatic hydroxyl groups is 1. The topological polar surface area (TPSA) is 77.8 Å². The number of rotatable bonds is 8. The molecule has 26 heavy (non-hydrogen) atoms. The molecule has 2 aliphatic rings. The molecule has 1 aliphatic carbocycles. The van der Waals surface area contributed by atoms with Gasteiger partial charge in [-0.15, -0.1) is 23.1 Å². The van der Waals surface area contributed by atoms with Gasteiger partial charge in [0, 0.05) is 11.4 Å². The molecule has 2 heterocycles. The lowest BCUT2D eigenvalue weighted by atomic mass is 9.82. The number of aromatic carboxylic acids is 1. The molecule has 1 atom stereocenters. The lowest BCUT2D eigenvalue weighted by molar-refractivity contribution is -0.129. The normalized spacial score (nSPS) is 22.7. The molecular weight excluding hydrogens is 370 g/mol. The number of amides is 1. The first-order chi connectivity index (χ1) is 12.5. The molecule has 2 fully saturated rings. The van der Waals surface area contributed by atoms with E-state index in [4.69, 9.17) is 5.11 Å². The van der Waals surface area contributed by atoms with E-state index in [-0.39, 0.29) is 11.3 Å². The number of hydrogen-bond donors (Lipinski definition) is 2. The Morgan fingerprint density at radius 3 is 2.73 bits per heavy atom. The smallest absolute Gasteiger partial charge is 0.345 e. The minimum atomic E-state index is -0.870. The number of carboxylic acids is 1. The summed E-state index contributed by atoms with van der Waals surface area (Å²) in [6.45, 7) is 0.648. The first-order valence-corrected chi connectivity index (χ1v) is 11.3. The summed E-state index contributed by atoms with van der Waals surface area (Å²) in [5, 5.41) is 19.9. The number of thiophene rings is 1. The predicted molar refractivity (Wildman–Crippen MR) is 105 cm³/mol. The highest BCUT2D eigenvalue weighted by atomic mass is 32.2. The zero-order valence-electron chi connectivity index (χ0n) is 15.0. The van der Waals surface area contributed by atoms with E-state index < -0.39 is 11.6 Å². The molecule has 5 nitrogen and oxygen atoms in total. The third kappa shape index (κ3) is 5.02. The number of carbonyl (C=O) groups is 2. The minimum absolute atomic E-state index is 0.184. The SMILES string of the molecule is O=C(O)c1ccc(CCCC2SCC(=O)N2CCC2(O)CCCCC2)s1. The predicted octanol–water partition coefficient (Wildman–Crippen LogP) is 3.76. The number of carbonyl (C=O) groups excluding carboxylic acids is 1. The Morgan fingerprint density at radius 1 is 1.27 bits per heavy atom. The van der Waals surface area contributed by atoms with Crippen molar-refractivity contribution in [2.45, 2.75) is 68.8 Å². The van der Waals surface area contributed by atoms with Crippen LogP contribution >= 0.6 is 23.1 Å². The Hall–Kier alpha value is -1.05. The van der Waals surface area contributed by atoms with Gasteiger partial charge in [-0.25, -0.2) is 4.79 Å². The molecule has 1 saturated heterocycles. The molecule has 0 aromatic carbocycles. The average Bonchev–Trinajstić information content (AvgIpc) is 3.21. The van der Waals surface area contributed by atoms with Crippen LogP contribution in [0.2, 0.25) is 0 Å². The van der Waals surface area contributed by atoms with Crippen molar-refractivity contribution in [1.82, 2.24) is 4.90 Å². The summed E-state index contributed by atoms with van der Waals surface area (Å²) in [5.74, 6) is -0.153. The van der Waals surface area contributed by atoms with Crippen LogP contribution in [0.3, 0.4) is 0 Å². The van der Waals surface area contributed by atoms with Crippen LogP contribution in [0.5, 0.6) is 0 Å². The molecule has 7 heteroatoms. The Balaban J connectivity index is 1.46. The molecular formula is C19H27NO4S2. The van der Waals surface area contributed by atoms with Crippen molar-refractivity contribution in [3.05, 3.63) is 21.9 Å². The van der Waals surface area contributed by atoms with E-state index in [0.717, 1.165) is 49.8 Å². The van der Waals surface area contributed by atoms with Crippen molar-refractivity contribution in [2.24, 2.45) is 0 Å². The highest BCUT2D eigenvalue weighted by Crippen LogP contribution is 2.34. The van der Waals surface area contributed by atoms with E-state index in [2.05, 4.69) is 0 Å². The van der Waals surface area contributed by atoms with Crippen molar-refractivity contribution >= 4 is 35.0 Å². The van der Waals surface area contributed by atoms with Gasteiger partial charge in [0.1, 0.15) is 4.88 Å². The summed E-state index contributed by atoms with van der Waals surface area (Å²) in [5.41, 5.74) is -0.583. The van der Waals surface area contributed by atoms with Gasteiger partial charge in [-0.2, -0.15) is 0 Å². The molecule has 3 rings (SSSR count). The fourth-order valence-corrected chi connectivity index (χ4v) is 6.00. The lowest BCUT2D eigenvalue weighted by Crippen LogP contribution is -2.40. The Labute approximate surface area is 162 Å². The summed E-state index contributed by atoms with van der Waals surface area (Å²) < 4.78 is 0. The Bertz CT molecular complexity index is 639. The molecule has 1 aliphatic heterocycles. The van der Waals surface area contributed by atoms with Crippen molar-refractivity contribution in [1.29, 1.82) is 0 Å². The highest BCUT2D eigenvalue weighted by Gasteiger charge is 2.35. The summed E-state index contributed by atoms with van der Waals surface area (Å²) in [6, 6.07) is 3.55. The maximum Gasteiger partial charge on any atom is 0.345 e. The molecule has 1 aromatic heterocycles. The van der Waals surface area contributed by atoms with Crippen LogP contribution in [0.15, 0.2) is 12.1 Å². The van der Waals surface area contributed by atoms with Crippen molar-refractivity contribution < 1.29 is 19.8 Å². The Morgan fingerprint density at radius 2 is 2.04 bits per heavy atom. The molecule has 2 N–H and O–H groups in total. The monoisotopic (exact) mass is 397 g/mol. The van der Waals surface area contributed by atoms with Crippen molar-refractivity contribution in [3.8, 4) is 0 Å². The Kier molecular flexibility index (Phi) is 6.64. The van der Waals surface area contributed by atoms with Crippen LogP contribution in [0.1, 0.15) is 65.9 Å². The summed E-state index contributed by atoms with van der Waals surface area (Å²) in [7, 11) is 0. The molecule has 1 amide bonds. The van der Waals surface area contributed by atoms with Crippen LogP contribution in [-0.4, -0.2) is 50.3 Å². The summed E-state index contributed by atoms with van der Waals surface area (Å²) in [4.78, 5) is 26.6. The highest BCUT2D eigenvalue weighted by molar-refractivity contribution is 8.00. The summed E-state index contributed by atoms with van der Waals surface area (Å²) >= 11 is 3.03. The second-order valence-electron chi connectivity index (χ2n) is 7.35. The van der Waals surface area contributed by atoms with E-state index in [1.165, 1.54) is 17.8 Å². The second-order valence-corrected chi connectivity index (χ2v) is 9.69. The maximum absolute atomic E-state index is 12.2. The van der Waals surface area contributed by atoms with E-state index in [9.17, 15) is 14.7 Å². The molecule has 0 radical (unpaired) electrons. The van der Waals surface area contributed by atoms with E-state index in [1.54, 1.807) is 17.8 Å². The molecule has 144 valence electrons. The maximum atomic E-state index is 12.2. The van der Waals surface area contributed by atoms with Gasteiger partial charge in [0.25, 0.3) is 0 Å². The zero-order chi connectivity index (χ0) is 18.6. The van der Waals surface area contributed by atoms with Crippen LogP contribution in [0.4, 0.5) is 0 Å². The second kappa shape index (κ2) is 8.76. The van der Waals surface area contributed by atoms with E-state index >= 15 is 0 Å². The van der Waals surface area contributed by atoms with Gasteiger partial charge < -0.3 is 15.1 Å². The number of nitrogens with zero attached hydrogens (tertiary/aromatic N) is 1. The van der Waals surface area contributed by atoms with Crippen LogP contribution in [0.25, 0.3) is 0 Å². The van der Waals surface area contributed by atoms with Gasteiger partial charge in [-0.3, -0.25) is 4.79 Å². The molecule has 1 unspecified atom stereocenters. The summed E-state index contributed by atoms with van der Waals surface area (Å²) in [6.07, 6.45) is 8.47. The molecule has 0 bridgehead atoms. The minimum Gasteiger partial charge on any atom is -0.477 e. The van der Waals surface area contributed by atoms with Gasteiger partial charge in [-0.1, -0.05) is 19.3 Å². The lowest BCUT2D eigenvalue weighted by Gasteiger charge is -2.34. The van der Waals surface area contributed by atoms with Crippen molar-refractivity contribution in [2.75, 3.05) is 12.3 Å². The van der Waals surface area contributed by atoms with Gasteiger partial charge >= 0.3 is 5.97 Å². The molecule has 0 spiro atoms. The quantitative estimate of drug-likeness (QED) is 0.698. The number of aryl methyl sites for hydroxylation is 1. The molecule has 1 aromatic rings. The van der Waals surface area contributed by atoms with Crippen LogP contribution < -0.4 is 0 Å². The zero-order valence-corrected chi connectivity index (χ0v) is 16.6. The largest absolute Gasteiger partial charge is 0.477 e. The average molecular weight is 398 g/mol. The molecule has 1 saturated carbocycles. The third-order valence-electron chi connectivity index (χ3n) is 5.42. The van der Waals surface area contributed by atoms with Crippen molar-refractivity contribution in [3.63, 3.8) is 0 Å². The van der Waals surface area contributed by atoms with Gasteiger partial charge in [0.05, 0.1) is 16.7 Å². The number of thioether (sulfide) groups is 1. The van der Waals surface area contributed by atoms with E-state index in [1.807, 2.05) is 11.0 Å². The number of hydrogen-bond acceptors (Lipinski definition) is 5. The fraction of sp³-hybridized carbons (Fsp3) is 0.684. The van der Waals surface area contributed by atoms with Crippen LogP contribution in [-0.2, 0) is 11.2 Å². The van der Waals surface area contributed by atoms with Gasteiger partial charge in [0.15, 0.2) is 0 Å². The van der Waals surface area contributed by atoms with Gasteiger partial charge in [-0.05, 0) is 50.7 Å². The van der Waals surface area contributed by atoms with E-state index in [0.29, 0.717) is 23.6 Å². The first kappa shape index (κ1) is 19.7. The third-order valence-corrected chi connectivity index (χ3v) is 7.84.